The molecule has 6 nitrogen and oxygen atoms in total. The van der Waals surface area contributed by atoms with Crippen molar-refractivity contribution in [2.45, 2.75) is 12.7 Å². The molecule has 1 aliphatic heterocycles. The summed E-state index contributed by atoms with van der Waals surface area (Å²) >= 11 is 0. The molecule has 1 aliphatic rings. The molecule has 0 saturated carbocycles. The van der Waals surface area contributed by atoms with Crippen molar-refractivity contribution < 1.29 is 22.7 Å². The number of morpholine rings is 1. The van der Waals surface area contributed by atoms with E-state index in [0.717, 1.165) is 30.5 Å². The molecular formula is C18H19F3N4O2. The molecule has 27 heavy (non-hydrogen) atoms. The summed E-state index contributed by atoms with van der Waals surface area (Å²) < 4.78 is 44.2. The van der Waals surface area contributed by atoms with E-state index in [1.165, 1.54) is 18.2 Å². The van der Waals surface area contributed by atoms with Gasteiger partial charge in [-0.15, -0.1) is 0 Å². The number of carbonyl (C=O) groups is 1. The fraction of sp³-hybridized carbons (Fsp3) is 0.333. The van der Waals surface area contributed by atoms with Gasteiger partial charge in [-0.1, -0.05) is 12.1 Å². The van der Waals surface area contributed by atoms with E-state index in [4.69, 9.17) is 4.74 Å². The van der Waals surface area contributed by atoms with Crippen LogP contribution in [0.3, 0.4) is 0 Å². The van der Waals surface area contributed by atoms with Crippen molar-refractivity contribution in [2.24, 2.45) is 0 Å². The number of halogens is 3. The van der Waals surface area contributed by atoms with E-state index in [-0.39, 0.29) is 12.2 Å². The Bertz CT molecular complexity index is 792. The molecule has 9 heteroatoms. The lowest BCUT2D eigenvalue weighted by Crippen LogP contribution is -2.36. The highest BCUT2D eigenvalue weighted by Crippen LogP contribution is 2.34. The van der Waals surface area contributed by atoms with Gasteiger partial charge in [-0.2, -0.15) is 13.2 Å². The summed E-state index contributed by atoms with van der Waals surface area (Å²) in [6.07, 6.45) is -2.90. The fourth-order valence-electron chi connectivity index (χ4n) is 2.72. The minimum absolute atomic E-state index is 0.167. The van der Waals surface area contributed by atoms with E-state index >= 15 is 0 Å². The Labute approximate surface area is 154 Å². The molecule has 0 unspecified atom stereocenters. The number of hydrogen-bond acceptors (Lipinski definition) is 4. The number of anilines is 2. The Kier molecular flexibility index (Phi) is 5.80. The molecule has 2 amide bonds. The van der Waals surface area contributed by atoms with Gasteiger partial charge in [-0.3, -0.25) is 0 Å². The number of nitrogens with one attached hydrogen (secondary N) is 2. The van der Waals surface area contributed by atoms with Gasteiger partial charge in [-0.05, 0) is 29.8 Å². The summed E-state index contributed by atoms with van der Waals surface area (Å²) in [6, 6.07) is 7.72. The molecule has 1 aromatic carbocycles. The van der Waals surface area contributed by atoms with Crippen molar-refractivity contribution in [3.63, 3.8) is 0 Å². The molecule has 1 fully saturated rings. The maximum absolute atomic E-state index is 13.0. The molecule has 1 saturated heterocycles. The fourth-order valence-corrected chi connectivity index (χ4v) is 2.72. The van der Waals surface area contributed by atoms with Crippen molar-refractivity contribution in [3.8, 4) is 0 Å². The van der Waals surface area contributed by atoms with Gasteiger partial charge < -0.3 is 20.3 Å². The average molecular weight is 380 g/mol. The quantitative estimate of drug-likeness (QED) is 0.855. The summed E-state index contributed by atoms with van der Waals surface area (Å²) in [6.45, 7) is 2.90. The minimum atomic E-state index is -4.54. The van der Waals surface area contributed by atoms with Gasteiger partial charge in [0.25, 0.3) is 0 Å². The highest BCUT2D eigenvalue weighted by molar-refractivity contribution is 5.90. The van der Waals surface area contributed by atoms with Crippen LogP contribution in [0.1, 0.15) is 11.1 Å². The third kappa shape index (κ3) is 5.10. The first-order valence-corrected chi connectivity index (χ1v) is 8.42. The van der Waals surface area contributed by atoms with Gasteiger partial charge in [-0.25, -0.2) is 9.78 Å². The van der Waals surface area contributed by atoms with E-state index in [1.807, 2.05) is 6.07 Å². The Morgan fingerprint density at radius 1 is 1.19 bits per heavy atom. The lowest BCUT2D eigenvalue weighted by molar-refractivity contribution is -0.136. The maximum atomic E-state index is 13.0. The summed E-state index contributed by atoms with van der Waals surface area (Å²) in [5.41, 5.74) is -0.379. The van der Waals surface area contributed by atoms with Crippen LogP contribution in [0.4, 0.5) is 29.5 Å². The van der Waals surface area contributed by atoms with Gasteiger partial charge in [0.2, 0.25) is 0 Å². The standard InChI is InChI=1S/C18H19F3N4O2/c19-18(20,21)14-3-1-2-4-15(14)24-17(26)23-12-13-5-6-22-16(11-13)25-7-9-27-10-8-25/h1-6,11H,7-10,12H2,(H2,23,24,26). The predicted molar refractivity (Wildman–Crippen MR) is 94.6 cm³/mol. The van der Waals surface area contributed by atoms with Crippen molar-refractivity contribution in [2.75, 3.05) is 36.5 Å². The van der Waals surface area contributed by atoms with Crippen molar-refractivity contribution in [3.05, 3.63) is 53.7 Å². The van der Waals surface area contributed by atoms with Crippen LogP contribution in [0, 0.1) is 0 Å². The van der Waals surface area contributed by atoms with E-state index in [1.54, 1.807) is 12.3 Å². The molecule has 2 N–H and O–H groups in total. The molecule has 3 rings (SSSR count). The van der Waals surface area contributed by atoms with Crippen molar-refractivity contribution >= 4 is 17.5 Å². The number of pyridine rings is 1. The molecule has 0 spiro atoms. The van der Waals surface area contributed by atoms with Crippen LogP contribution in [0.5, 0.6) is 0 Å². The molecule has 1 aromatic heterocycles. The molecule has 0 aliphatic carbocycles. The minimum Gasteiger partial charge on any atom is -0.378 e. The number of benzene rings is 1. The van der Waals surface area contributed by atoms with Gasteiger partial charge in [0.1, 0.15) is 5.82 Å². The summed E-state index contributed by atoms with van der Waals surface area (Å²) in [4.78, 5) is 18.4. The second-order valence-electron chi connectivity index (χ2n) is 5.97. The Hall–Kier alpha value is -2.81. The Morgan fingerprint density at radius 2 is 1.93 bits per heavy atom. The van der Waals surface area contributed by atoms with Crippen molar-refractivity contribution in [1.29, 1.82) is 0 Å². The largest absolute Gasteiger partial charge is 0.418 e. The van der Waals surface area contributed by atoms with Gasteiger partial charge in [0.15, 0.2) is 0 Å². The number of rotatable bonds is 4. The number of hydrogen-bond donors (Lipinski definition) is 2. The second kappa shape index (κ2) is 8.26. The van der Waals surface area contributed by atoms with E-state index in [2.05, 4.69) is 20.5 Å². The molecule has 144 valence electrons. The number of carbonyl (C=O) groups excluding carboxylic acids is 1. The zero-order valence-corrected chi connectivity index (χ0v) is 14.4. The van der Waals surface area contributed by atoms with Gasteiger partial charge in [0.05, 0.1) is 24.5 Å². The first kappa shape index (κ1) is 19.0. The monoisotopic (exact) mass is 380 g/mol. The number of nitrogens with zero attached hydrogens (tertiary/aromatic N) is 2. The number of aromatic nitrogens is 1. The molecule has 0 atom stereocenters. The molecule has 0 radical (unpaired) electrons. The van der Waals surface area contributed by atoms with Crippen molar-refractivity contribution in [1.82, 2.24) is 10.3 Å². The number of ether oxygens (including phenoxy) is 1. The highest BCUT2D eigenvalue weighted by atomic mass is 19.4. The first-order chi connectivity index (χ1) is 12.9. The van der Waals surface area contributed by atoms with Gasteiger partial charge in [0, 0.05) is 25.8 Å². The zero-order valence-electron chi connectivity index (χ0n) is 14.4. The Morgan fingerprint density at radius 3 is 2.67 bits per heavy atom. The van der Waals surface area contributed by atoms with Crippen LogP contribution in [-0.4, -0.2) is 37.3 Å². The molecule has 2 heterocycles. The number of amides is 2. The first-order valence-electron chi connectivity index (χ1n) is 8.42. The lowest BCUT2D eigenvalue weighted by Gasteiger charge is -2.28. The SMILES string of the molecule is O=C(NCc1ccnc(N2CCOCC2)c1)Nc1ccccc1C(F)(F)F. The third-order valence-electron chi connectivity index (χ3n) is 4.08. The van der Waals surface area contributed by atoms with Crippen LogP contribution in [0.15, 0.2) is 42.6 Å². The molecule has 2 aromatic rings. The molecular weight excluding hydrogens is 361 g/mol. The lowest BCUT2D eigenvalue weighted by atomic mass is 10.1. The van der Waals surface area contributed by atoms with Crippen LogP contribution in [0.2, 0.25) is 0 Å². The van der Waals surface area contributed by atoms with Crippen LogP contribution in [-0.2, 0) is 17.5 Å². The molecule has 0 bridgehead atoms. The van der Waals surface area contributed by atoms with Crippen LogP contribution in [0.25, 0.3) is 0 Å². The van der Waals surface area contributed by atoms with E-state index in [0.29, 0.717) is 13.2 Å². The highest BCUT2D eigenvalue weighted by Gasteiger charge is 2.33. The summed E-state index contributed by atoms with van der Waals surface area (Å²) in [5.74, 6) is 0.778. The van der Waals surface area contributed by atoms with E-state index in [9.17, 15) is 18.0 Å². The maximum Gasteiger partial charge on any atom is 0.418 e. The predicted octanol–water partition coefficient (Wildman–Crippen LogP) is 3.26. The number of urea groups is 1. The topological polar surface area (TPSA) is 66.5 Å². The van der Waals surface area contributed by atoms with Crippen LogP contribution >= 0.6 is 0 Å². The smallest absolute Gasteiger partial charge is 0.378 e. The third-order valence-corrected chi connectivity index (χ3v) is 4.08. The average Bonchev–Trinajstić information content (AvgIpc) is 2.67. The normalized spacial score (nSPS) is 14.7. The summed E-state index contributed by atoms with van der Waals surface area (Å²) in [5, 5.41) is 4.82. The Balaban J connectivity index is 1.60. The number of alkyl halides is 3. The zero-order chi connectivity index (χ0) is 19.3. The second-order valence-corrected chi connectivity index (χ2v) is 5.97. The van der Waals surface area contributed by atoms with Crippen LogP contribution < -0.4 is 15.5 Å². The van der Waals surface area contributed by atoms with Gasteiger partial charge >= 0.3 is 12.2 Å². The summed E-state index contributed by atoms with van der Waals surface area (Å²) in [7, 11) is 0. The van der Waals surface area contributed by atoms with E-state index < -0.39 is 17.8 Å². The number of para-hydroxylation sites is 1.